The Morgan fingerprint density at radius 2 is 2.10 bits per heavy atom. The van der Waals surface area contributed by atoms with Crippen LogP contribution in [0.5, 0.6) is 5.75 Å². The average Bonchev–Trinajstić information content (AvgIpc) is 2.71. The van der Waals surface area contributed by atoms with Crippen molar-refractivity contribution in [3.8, 4) is 5.75 Å². The number of ether oxygens (including phenoxy) is 1. The summed E-state index contributed by atoms with van der Waals surface area (Å²) in [6.45, 7) is 1.98. The van der Waals surface area contributed by atoms with Crippen LogP contribution in [0.4, 0.5) is 21.5 Å². The fourth-order valence-corrected chi connectivity index (χ4v) is 2.67. The lowest BCUT2D eigenvalue weighted by Crippen LogP contribution is -2.26. The summed E-state index contributed by atoms with van der Waals surface area (Å²) in [5, 5.41) is 11.2. The molecule has 2 aromatic rings. The SMILES string of the molecule is CCCC(N)/C=N/c1ccc([N+](=O)[O-])cc1C(=O)N(C)c1ccc(OC)c(F)c1. The quantitative estimate of drug-likeness (QED) is 0.410. The Bertz CT molecular complexity index is 933. The molecule has 0 aliphatic carbocycles. The highest BCUT2D eigenvalue weighted by atomic mass is 19.1. The Morgan fingerprint density at radius 1 is 1.38 bits per heavy atom. The zero-order chi connectivity index (χ0) is 21.6. The van der Waals surface area contributed by atoms with Crippen LogP contribution in [-0.4, -0.2) is 37.2 Å². The Morgan fingerprint density at radius 3 is 2.69 bits per heavy atom. The third kappa shape index (κ3) is 5.35. The molecular formula is C20H23FN4O4. The first-order valence-electron chi connectivity index (χ1n) is 8.98. The number of aliphatic imine (C=N–C) groups is 1. The van der Waals surface area contributed by atoms with E-state index in [9.17, 15) is 19.3 Å². The van der Waals surface area contributed by atoms with Gasteiger partial charge in [-0.3, -0.25) is 19.9 Å². The van der Waals surface area contributed by atoms with Gasteiger partial charge in [0.25, 0.3) is 11.6 Å². The molecule has 1 unspecified atom stereocenters. The van der Waals surface area contributed by atoms with E-state index >= 15 is 0 Å². The molecule has 0 saturated heterocycles. The van der Waals surface area contributed by atoms with E-state index in [1.54, 1.807) is 0 Å². The summed E-state index contributed by atoms with van der Waals surface area (Å²) < 4.78 is 18.9. The number of nitro benzene ring substituents is 1. The summed E-state index contributed by atoms with van der Waals surface area (Å²) in [4.78, 5) is 29.0. The third-order valence-corrected chi connectivity index (χ3v) is 4.28. The molecule has 0 aliphatic rings. The van der Waals surface area contributed by atoms with Crippen LogP contribution in [0.3, 0.4) is 0 Å². The van der Waals surface area contributed by atoms with Crippen LogP contribution in [-0.2, 0) is 0 Å². The Hall–Kier alpha value is -3.33. The molecule has 0 heterocycles. The van der Waals surface area contributed by atoms with Gasteiger partial charge in [0.15, 0.2) is 11.6 Å². The van der Waals surface area contributed by atoms with E-state index in [1.807, 2.05) is 6.92 Å². The lowest BCUT2D eigenvalue weighted by atomic mass is 10.1. The number of amides is 1. The van der Waals surface area contributed by atoms with Gasteiger partial charge in [-0.2, -0.15) is 0 Å². The number of anilines is 1. The molecule has 0 radical (unpaired) electrons. The van der Waals surface area contributed by atoms with Gasteiger partial charge >= 0.3 is 0 Å². The molecule has 0 saturated carbocycles. The number of hydrogen-bond donors (Lipinski definition) is 1. The van der Waals surface area contributed by atoms with Gasteiger partial charge in [0.05, 0.1) is 23.3 Å². The number of methoxy groups -OCH3 is 1. The molecule has 0 bridgehead atoms. The van der Waals surface area contributed by atoms with Crippen LogP contribution < -0.4 is 15.4 Å². The van der Waals surface area contributed by atoms with E-state index in [-0.39, 0.29) is 34.4 Å². The van der Waals surface area contributed by atoms with Gasteiger partial charge < -0.3 is 15.4 Å². The summed E-state index contributed by atoms with van der Waals surface area (Å²) in [6.07, 6.45) is 3.09. The molecular weight excluding hydrogens is 379 g/mol. The number of nitrogens with zero attached hydrogens (tertiary/aromatic N) is 3. The van der Waals surface area contributed by atoms with Gasteiger partial charge in [-0.25, -0.2) is 4.39 Å². The second-order valence-corrected chi connectivity index (χ2v) is 6.37. The third-order valence-electron chi connectivity index (χ3n) is 4.28. The summed E-state index contributed by atoms with van der Waals surface area (Å²) in [5.74, 6) is -1.16. The lowest BCUT2D eigenvalue weighted by molar-refractivity contribution is -0.384. The minimum atomic E-state index is -0.632. The van der Waals surface area contributed by atoms with E-state index in [2.05, 4.69) is 4.99 Å². The number of halogens is 1. The van der Waals surface area contributed by atoms with Crippen molar-refractivity contribution in [1.82, 2.24) is 0 Å². The lowest BCUT2D eigenvalue weighted by Gasteiger charge is -2.19. The van der Waals surface area contributed by atoms with Crippen LogP contribution in [0.1, 0.15) is 30.1 Å². The first-order chi connectivity index (χ1) is 13.8. The van der Waals surface area contributed by atoms with Crippen molar-refractivity contribution < 1.29 is 18.8 Å². The molecule has 0 aromatic heterocycles. The highest BCUT2D eigenvalue weighted by Crippen LogP contribution is 2.29. The molecule has 154 valence electrons. The molecule has 29 heavy (non-hydrogen) atoms. The van der Waals surface area contributed by atoms with Crippen molar-refractivity contribution in [3.63, 3.8) is 0 Å². The molecule has 1 amide bonds. The number of carbonyl (C=O) groups excluding carboxylic acids is 1. The zero-order valence-electron chi connectivity index (χ0n) is 16.5. The first-order valence-corrected chi connectivity index (χ1v) is 8.98. The standard InChI is InChI=1S/C20H23FN4O4/c1-4-5-13(22)12-23-18-8-6-15(25(27)28)10-16(18)20(26)24(2)14-7-9-19(29-3)17(21)11-14/h6-13H,4-5,22H2,1-3H3/b23-12+. The topological polar surface area (TPSA) is 111 Å². The normalized spacial score (nSPS) is 12.0. The van der Waals surface area contributed by atoms with Crippen LogP contribution in [0, 0.1) is 15.9 Å². The molecule has 0 spiro atoms. The molecule has 2 aromatic carbocycles. The summed E-state index contributed by atoms with van der Waals surface area (Å²) in [5.41, 5.74) is 6.19. The predicted octanol–water partition coefficient (Wildman–Crippen LogP) is 3.85. The molecule has 2 rings (SSSR count). The van der Waals surface area contributed by atoms with E-state index in [0.717, 1.165) is 18.6 Å². The van der Waals surface area contributed by atoms with E-state index < -0.39 is 16.6 Å². The van der Waals surface area contributed by atoms with Gasteiger partial charge in [-0.05, 0) is 24.6 Å². The van der Waals surface area contributed by atoms with Crippen LogP contribution in [0.2, 0.25) is 0 Å². The largest absolute Gasteiger partial charge is 0.494 e. The molecule has 0 aliphatic heterocycles. The molecule has 1 atom stereocenters. The van der Waals surface area contributed by atoms with Crippen molar-refractivity contribution in [3.05, 3.63) is 57.9 Å². The van der Waals surface area contributed by atoms with Crippen LogP contribution in [0.25, 0.3) is 0 Å². The van der Waals surface area contributed by atoms with Gasteiger partial charge in [-0.1, -0.05) is 13.3 Å². The van der Waals surface area contributed by atoms with Gasteiger partial charge in [0, 0.05) is 43.2 Å². The molecule has 8 nitrogen and oxygen atoms in total. The molecule has 0 fully saturated rings. The molecule has 2 N–H and O–H groups in total. The van der Waals surface area contributed by atoms with Gasteiger partial charge in [-0.15, -0.1) is 0 Å². The maximum absolute atomic E-state index is 14.0. The number of carbonyl (C=O) groups is 1. The highest BCUT2D eigenvalue weighted by Gasteiger charge is 2.21. The number of nitrogens with two attached hydrogens (primary N) is 1. The van der Waals surface area contributed by atoms with Crippen molar-refractivity contribution >= 4 is 29.2 Å². The number of nitro groups is 1. The number of non-ortho nitro benzene ring substituents is 1. The smallest absolute Gasteiger partial charge is 0.270 e. The number of rotatable bonds is 8. The monoisotopic (exact) mass is 402 g/mol. The van der Waals surface area contributed by atoms with E-state index in [1.165, 1.54) is 49.5 Å². The summed E-state index contributed by atoms with van der Waals surface area (Å²) >= 11 is 0. The van der Waals surface area contributed by atoms with E-state index in [4.69, 9.17) is 10.5 Å². The number of hydrogen-bond acceptors (Lipinski definition) is 6. The Labute approximate surface area is 167 Å². The second-order valence-electron chi connectivity index (χ2n) is 6.37. The second kappa shape index (κ2) is 9.74. The van der Waals surface area contributed by atoms with Crippen molar-refractivity contribution in [1.29, 1.82) is 0 Å². The van der Waals surface area contributed by atoms with Gasteiger partial charge in [0.2, 0.25) is 0 Å². The van der Waals surface area contributed by atoms with Crippen molar-refractivity contribution in [2.75, 3.05) is 19.1 Å². The van der Waals surface area contributed by atoms with Crippen molar-refractivity contribution in [2.24, 2.45) is 10.7 Å². The van der Waals surface area contributed by atoms with E-state index in [0.29, 0.717) is 6.42 Å². The van der Waals surface area contributed by atoms with Crippen LogP contribution >= 0.6 is 0 Å². The maximum Gasteiger partial charge on any atom is 0.270 e. The van der Waals surface area contributed by atoms with Crippen molar-refractivity contribution in [2.45, 2.75) is 25.8 Å². The minimum Gasteiger partial charge on any atom is -0.494 e. The Kier molecular flexibility index (Phi) is 7.38. The zero-order valence-corrected chi connectivity index (χ0v) is 16.5. The van der Waals surface area contributed by atoms with Crippen LogP contribution in [0.15, 0.2) is 41.4 Å². The summed E-state index contributed by atoms with van der Waals surface area (Å²) in [6, 6.07) is 7.56. The fraction of sp³-hybridized carbons (Fsp3) is 0.300. The molecule has 9 heteroatoms. The first kappa shape index (κ1) is 22.0. The van der Waals surface area contributed by atoms with Gasteiger partial charge in [0.1, 0.15) is 0 Å². The minimum absolute atomic E-state index is 0.0119. The Balaban J connectivity index is 2.43. The number of benzene rings is 2. The maximum atomic E-state index is 14.0. The summed E-state index contributed by atoms with van der Waals surface area (Å²) in [7, 11) is 2.78. The predicted molar refractivity (Wildman–Crippen MR) is 110 cm³/mol. The highest BCUT2D eigenvalue weighted by molar-refractivity contribution is 6.09. The fourth-order valence-electron chi connectivity index (χ4n) is 2.67. The average molecular weight is 402 g/mol.